The Labute approximate surface area is 132 Å². The van der Waals surface area contributed by atoms with Gasteiger partial charge in [-0.3, -0.25) is 9.80 Å². The van der Waals surface area contributed by atoms with Gasteiger partial charge in [0, 0.05) is 5.02 Å². The molecule has 2 aromatic rings. The van der Waals surface area contributed by atoms with Gasteiger partial charge in [0.1, 0.15) is 11.9 Å². The predicted octanol–water partition coefficient (Wildman–Crippen LogP) is 2.97. The van der Waals surface area contributed by atoms with Gasteiger partial charge in [-0.1, -0.05) is 11.6 Å². The number of aryl methyl sites for hydroxylation is 1. The van der Waals surface area contributed by atoms with Gasteiger partial charge in [-0.05, 0) is 32.0 Å². The Kier molecular flexibility index (Phi) is 2.84. The number of fused-ring (bicyclic) bond motifs is 3. The van der Waals surface area contributed by atoms with Crippen LogP contribution in [-0.4, -0.2) is 34.7 Å². The maximum absolute atomic E-state index is 12.9. The minimum atomic E-state index is -0.0983. The first-order valence-corrected chi connectivity index (χ1v) is 7.51. The van der Waals surface area contributed by atoms with Gasteiger partial charge in [0.2, 0.25) is 0 Å². The van der Waals surface area contributed by atoms with Crippen LogP contribution in [0.5, 0.6) is 5.75 Å². The quantitative estimate of drug-likeness (QED) is 0.879. The van der Waals surface area contributed by atoms with Crippen molar-refractivity contribution in [1.82, 2.24) is 9.97 Å². The van der Waals surface area contributed by atoms with Gasteiger partial charge in [0.25, 0.3) is 0 Å². The number of benzene rings is 1. The number of carbonyl (C=O) groups is 1. The van der Waals surface area contributed by atoms with Gasteiger partial charge in [-0.25, -0.2) is 9.78 Å². The van der Waals surface area contributed by atoms with Gasteiger partial charge in [0.15, 0.2) is 5.82 Å². The predicted molar refractivity (Wildman–Crippen MR) is 83.9 cm³/mol. The minimum absolute atomic E-state index is 0.0606. The van der Waals surface area contributed by atoms with E-state index in [1.807, 2.05) is 13.8 Å². The van der Waals surface area contributed by atoms with E-state index in [0.717, 1.165) is 11.4 Å². The van der Waals surface area contributed by atoms with Crippen LogP contribution in [0.4, 0.5) is 16.3 Å². The number of amides is 2. The molecule has 7 heteroatoms. The third-order valence-corrected chi connectivity index (χ3v) is 4.47. The number of nitrogens with one attached hydrogen (secondary N) is 1. The number of nitrogens with zero attached hydrogens (tertiary/aromatic N) is 3. The Morgan fingerprint density at radius 3 is 3.00 bits per heavy atom. The third-order valence-electron chi connectivity index (χ3n) is 4.23. The van der Waals surface area contributed by atoms with E-state index in [2.05, 4.69) is 9.97 Å². The third kappa shape index (κ3) is 1.80. The van der Waals surface area contributed by atoms with Gasteiger partial charge >= 0.3 is 6.03 Å². The summed E-state index contributed by atoms with van der Waals surface area (Å²) in [6.07, 6.45) is 1.50. The topological polar surface area (TPSA) is 61.5 Å². The largest absolute Gasteiger partial charge is 0.486 e. The molecule has 1 aromatic heterocycles. The molecular weight excluding hydrogens is 304 g/mol. The SMILES string of the molecule is Cc1[nH]cnc1N1CC2C(C)Oc3ccc(Cl)cc3N2C1=O. The number of ether oxygens (including phenoxy) is 1. The summed E-state index contributed by atoms with van der Waals surface area (Å²) in [5.74, 6) is 1.34. The summed E-state index contributed by atoms with van der Waals surface area (Å²) in [4.78, 5) is 23.6. The molecular formula is C15H15ClN4O2. The molecule has 0 bridgehead atoms. The van der Waals surface area contributed by atoms with Gasteiger partial charge in [-0.15, -0.1) is 0 Å². The zero-order valence-electron chi connectivity index (χ0n) is 12.2. The van der Waals surface area contributed by atoms with Crippen molar-refractivity contribution >= 4 is 29.1 Å². The van der Waals surface area contributed by atoms with Crippen LogP contribution in [0.1, 0.15) is 12.6 Å². The van der Waals surface area contributed by atoms with E-state index in [4.69, 9.17) is 16.3 Å². The highest BCUT2D eigenvalue weighted by molar-refractivity contribution is 6.31. The molecule has 0 saturated carbocycles. The van der Waals surface area contributed by atoms with Crippen LogP contribution < -0.4 is 14.5 Å². The summed E-state index contributed by atoms with van der Waals surface area (Å²) >= 11 is 6.09. The van der Waals surface area contributed by atoms with Crippen molar-refractivity contribution in [2.75, 3.05) is 16.3 Å². The van der Waals surface area contributed by atoms with Crippen LogP contribution >= 0.6 is 11.6 Å². The molecule has 2 amide bonds. The maximum Gasteiger partial charge on any atom is 0.330 e. The van der Waals surface area contributed by atoms with Crippen LogP contribution in [0, 0.1) is 6.92 Å². The number of aromatic amines is 1. The molecule has 2 unspecified atom stereocenters. The lowest BCUT2D eigenvalue weighted by Gasteiger charge is -2.35. The van der Waals surface area contributed by atoms with Gasteiger partial charge in [-0.2, -0.15) is 0 Å². The summed E-state index contributed by atoms with van der Waals surface area (Å²) in [6.45, 7) is 4.42. The highest BCUT2D eigenvalue weighted by Crippen LogP contribution is 2.42. The average molecular weight is 319 g/mol. The molecule has 22 heavy (non-hydrogen) atoms. The van der Waals surface area contributed by atoms with Crippen molar-refractivity contribution in [3.63, 3.8) is 0 Å². The second kappa shape index (κ2) is 4.64. The Morgan fingerprint density at radius 2 is 2.27 bits per heavy atom. The van der Waals surface area contributed by atoms with Crippen molar-refractivity contribution < 1.29 is 9.53 Å². The van der Waals surface area contributed by atoms with E-state index >= 15 is 0 Å². The van der Waals surface area contributed by atoms with Crippen LogP contribution in [0.25, 0.3) is 0 Å². The molecule has 0 spiro atoms. The number of hydrogen-bond donors (Lipinski definition) is 1. The van der Waals surface area contributed by atoms with Gasteiger partial charge < -0.3 is 9.72 Å². The Hall–Kier alpha value is -2.21. The lowest BCUT2D eigenvalue weighted by Crippen LogP contribution is -2.47. The number of halogens is 1. The molecule has 1 saturated heterocycles. The van der Waals surface area contributed by atoms with Crippen LogP contribution in [0.3, 0.4) is 0 Å². The first-order valence-electron chi connectivity index (χ1n) is 7.13. The van der Waals surface area contributed by atoms with Crippen LogP contribution in [0.2, 0.25) is 5.02 Å². The molecule has 1 aromatic carbocycles. The maximum atomic E-state index is 12.9. The first-order chi connectivity index (χ1) is 10.6. The van der Waals surface area contributed by atoms with Crippen molar-refractivity contribution in [2.24, 2.45) is 0 Å². The fourth-order valence-corrected chi connectivity index (χ4v) is 3.28. The zero-order chi connectivity index (χ0) is 15.4. The lowest BCUT2D eigenvalue weighted by atomic mass is 10.1. The molecule has 0 radical (unpaired) electrons. The van der Waals surface area contributed by atoms with E-state index in [-0.39, 0.29) is 18.2 Å². The number of anilines is 2. The number of aromatic nitrogens is 2. The number of rotatable bonds is 1. The summed E-state index contributed by atoms with van der Waals surface area (Å²) in [7, 11) is 0. The molecule has 4 rings (SSSR count). The molecule has 3 heterocycles. The van der Waals surface area contributed by atoms with E-state index < -0.39 is 0 Å². The number of hydrogen-bond acceptors (Lipinski definition) is 3. The highest BCUT2D eigenvalue weighted by Gasteiger charge is 2.47. The standard InChI is InChI=1S/C15H15ClN4O2/c1-8-14(18-7-17-8)19-6-12-9(2)22-13-4-3-10(16)5-11(13)20(12)15(19)21/h3-5,7,9,12H,6H2,1-2H3,(H,17,18). The number of urea groups is 1. The Bertz CT molecular complexity index is 760. The molecule has 114 valence electrons. The Balaban J connectivity index is 1.80. The second-order valence-corrected chi connectivity index (χ2v) is 6.05. The van der Waals surface area contributed by atoms with Crippen molar-refractivity contribution in [3.8, 4) is 5.75 Å². The van der Waals surface area contributed by atoms with E-state index in [0.29, 0.717) is 23.1 Å². The monoisotopic (exact) mass is 318 g/mol. The molecule has 2 atom stereocenters. The van der Waals surface area contributed by atoms with Crippen LogP contribution in [0.15, 0.2) is 24.5 Å². The van der Waals surface area contributed by atoms with Crippen molar-refractivity contribution in [2.45, 2.75) is 26.0 Å². The fraction of sp³-hybridized carbons (Fsp3) is 0.333. The van der Waals surface area contributed by atoms with E-state index in [9.17, 15) is 4.79 Å². The summed E-state index contributed by atoms with van der Waals surface area (Å²) < 4.78 is 5.94. The van der Waals surface area contributed by atoms with E-state index in [1.165, 1.54) is 0 Å². The molecule has 2 aliphatic rings. The zero-order valence-corrected chi connectivity index (χ0v) is 13.0. The smallest absolute Gasteiger partial charge is 0.330 e. The summed E-state index contributed by atoms with van der Waals surface area (Å²) in [6, 6.07) is 5.19. The number of H-pyrrole nitrogens is 1. The Morgan fingerprint density at radius 1 is 1.45 bits per heavy atom. The average Bonchev–Trinajstić information content (AvgIpc) is 3.04. The van der Waals surface area contributed by atoms with E-state index in [1.54, 1.807) is 34.3 Å². The first kappa shape index (κ1) is 13.5. The molecule has 6 nitrogen and oxygen atoms in total. The lowest BCUT2D eigenvalue weighted by molar-refractivity contribution is 0.181. The van der Waals surface area contributed by atoms with Crippen LogP contribution in [-0.2, 0) is 0 Å². The molecule has 2 aliphatic heterocycles. The molecule has 0 aliphatic carbocycles. The minimum Gasteiger partial charge on any atom is -0.486 e. The van der Waals surface area contributed by atoms with Crippen molar-refractivity contribution in [1.29, 1.82) is 0 Å². The molecule has 1 fully saturated rings. The molecule has 1 N–H and O–H groups in total. The number of imidazole rings is 1. The fourth-order valence-electron chi connectivity index (χ4n) is 3.12. The number of carbonyl (C=O) groups excluding carboxylic acids is 1. The highest BCUT2D eigenvalue weighted by atomic mass is 35.5. The normalized spacial score (nSPS) is 23.3. The van der Waals surface area contributed by atoms with Gasteiger partial charge in [0.05, 0.1) is 30.3 Å². The second-order valence-electron chi connectivity index (χ2n) is 5.62. The van der Waals surface area contributed by atoms with Crippen molar-refractivity contribution in [3.05, 3.63) is 35.2 Å². The summed E-state index contributed by atoms with van der Waals surface area (Å²) in [5, 5.41) is 0.581. The summed E-state index contributed by atoms with van der Waals surface area (Å²) in [5.41, 5.74) is 1.59.